The summed E-state index contributed by atoms with van der Waals surface area (Å²) in [6, 6.07) is 1.46. The highest BCUT2D eigenvalue weighted by Crippen LogP contribution is 2.28. The summed E-state index contributed by atoms with van der Waals surface area (Å²) in [5.41, 5.74) is -0.801. The van der Waals surface area contributed by atoms with Gasteiger partial charge >= 0.3 is 5.97 Å². The van der Waals surface area contributed by atoms with Crippen molar-refractivity contribution < 1.29 is 18.8 Å². The zero-order valence-corrected chi connectivity index (χ0v) is 10.5. The predicted molar refractivity (Wildman–Crippen MR) is 67.7 cm³/mol. The van der Waals surface area contributed by atoms with Crippen molar-refractivity contribution in [2.24, 2.45) is 0 Å². The number of hydrogen-bond acceptors (Lipinski definition) is 5. The van der Waals surface area contributed by atoms with Crippen LogP contribution in [-0.2, 0) is 4.74 Å². The molecular formula is C12H13FN2O4. The summed E-state index contributed by atoms with van der Waals surface area (Å²) < 4.78 is 18.0. The summed E-state index contributed by atoms with van der Waals surface area (Å²) in [6.45, 7) is 5.23. The van der Waals surface area contributed by atoms with Gasteiger partial charge in [-0.15, -0.1) is 6.58 Å². The van der Waals surface area contributed by atoms with Crippen molar-refractivity contribution in [3.05, 3.63) is 46.3 Å². The number of carbonyl (C=O) groups excluding carboxylic acids is 1. The van der Waals surface area contributed by atoms with Crippen molar-refractivity contribution in [2.45, 2.75) is 13.0 Å². The second kappa shape index (κ2) is 5.94. The lowest BCUT2D eigenvalue weighted by molar-refractivity contribution is -0.384. The number of benzene rings is 1. The third kappa shape index (κ3) is 3.27. The van der Waals surface area contributed by atoms with Gasteiger partial charge in [-0.2, -0.15) is 0 Å². The van der Waals surface area contributed by atoms with Crippen LogP contribution in [0.4, 0.5) is 15.8 Å². The fourth-order valence-corrected chi connectivity index (χ4v) is 1.40. The van der Waals surface area contributed by atoms with Crippen LogP contribution in [0.3, 0.4) is 0 Å². The van der Waals surface area contributed by atoms with Gasteiger partial charge in [0.15, 0.2) is 0 Å². The first-order valence-electron chi connectivity index (χ1n) is 5.36. The molecule has 1 rings (SSSR count). The van der Waals surface area contributed by atoms with Crippen LogP contribution in [0.15, 0.2) is 24.8 Å². The number of hydrogen-bond donors (Lipinski definition) is 1. The lowest BCUT2D eigenvalue weighted by Gasteiger charge is -2.12. The average Bonchev–Trinajstić information content (AvgIpc) is 2.38. The molecule has 0 amide bonds. The van der Waals surface area contributed by atoms with Crippen molar-refractivity contribution in [3.8, 4) is 0 Å². The number of halogens is 1. The Morgan fingerprint density at radius 2 is 2.26 bits per heavy atom. The molecule has 0 bridgehead atoms. The molecule has 19 heavy (non-hydrogen) atoms. The average molecular weight is 268 g/mol. The first-order valence-corrected chi connectivity index (χ1v) is 5.36. The molecule has 1 aromatic rings. The minimum absolute atomic E-state index is 0.0270. The minimum atomic E-state index is -1.00. The summed E-state index contributed by atoms with van der Waals surface area (Å²) in [5, 5.41) is 13.6. The maximum Gasteiger partial charge on any atom is 0.340 e. The number of rotatable bonds is 5. The summed E-state index contributed by atoms with van der Waals surface area (Å²) in [7, 11) is 1.10. The van der Waals surface area contributed by atoms with Gasteiger partial charge < -0.3 is 10.1 Å². The van der Waals surface area contributed by atoms with Crippen LogP contribution in [0.5, 0.6) is 0 Å². The molecule has 6 nitrogen and oxygen atoms in total. The molecule has 1 atom stereocenters. The Hall–Kier alpha value is -2.44. The Kier molecular flexibility index (Phi) is 4.57. The van der Waals surface area contributed by atoms with E-state index in [0.717, 1.165) is 13.2 Å². The third-order valence-electron chi connectivity index (χ3n) is 2.42. The molecule has 0 radical (unpaired) electrons. The molecule has 0 heterocycles. The van der Waals surface area contributed by atoms with Crippen LogP contribution in [0, 0.1) is 15.9 Å². The van der Waals surface area contributed by atoms with E-state index in [-0.39, 0.29) is 17.3 Å². The molecule has 0 spiro atoms. The molecule has 102 valence electrons. The molecule has 0 saturated carbocycles. The molecule has 0 aromatic heterocycles. The quantitative estimate of drug-likeness (QED) is 0.384. The summed E-state index contributed by atoms with van der Waals surface area (Å²) in [5.74, 6) is -1.91. The number of nitro benzene ring substituents is 1. The normalized spacial score (nSPS) is 11.5. The first-order chi connectivity index (χ1) is 8.90. The first kappa shape index (κ1) is 14.6. The maximum atomic E-state index is 13.6. The van der Waals surface area contributed by atoms with E-state index in [1.807, 2.05) is 0 Å². The maximum absolute atomic E-state index is 13.6. The lowest BCUT2D eigenvalue weighted by Crippen LogP contribution is -2.14. The van der Waals surface area contributed by atoms with E-state index in [9.17, 15) is 19.3 Å². The topological polar surface area (TPSA) is 81.5 Å². The number of anilines is 1. The molecule has 0 aliphatic rings. The zero-order valence-electron chi connectivity index (χ0n) is 10.5. The smallest absolute Gasteiger partial charge is 0.340 e. The number of nitro groups is 1. The van der Waals surface area contributed by atoms with Crippen LogP contribution < -0.4 is 5.32 Å². The van der Waals surface area contributed by atoms with Crippen LogP contribution in [0.1, 0.15) is 17.3 Å². The molecule has 1 N–H and O–H groups in total. The van der Waals surface area contributed by atoms with Crippen LogP contribution >= 0.6 is 0 Å². The Bertz CT molecular complexity index is 531. The van der Waals surface area contributed by atoms with E-state index >= 15 is 0 Å². The summed E-state index contributed by atoms with van der Waals surface area (Å²) in [6.07, 6.45) is 1.52. The minimum Gasteiger partial charge on any atom is -0.465 e. The van der Waals surface area contributed by atoms with Crippen LogP contribution in [-0.4, -0.2) is 24.0 Å². The van der Waals surface area contributed by atoms with E-state index in [2.05, 4.69) is 16.6 Å². The van der Waals surface area contributed by atoms with Gasteiger partial charge in [0.2, 0.25) is 0 Å². The van der Waals surface area contributed by atoms with E-state index in [1.54, 1.807) is 6.92 Å². The van der Waals surface area contributed by atoms with E-state index in [0.29, 0.717) is 6.07 Å². The Labute approximate surface area is 109 Å². The fourth-order valence-electron chi connectivity index (χ4n) is 1.40. The highest BCUT2D eigenvalue weighted by molar-refractivity contribution is 5.92. The molecule has 1 aromatic carbocycles. The third-order valence-corrected chi connectivity index (χ3v) is 2.42. The van der Waals surface area contributed by atoms with Crippen LogP contribution in [0.25, 0.3) is 0 Å². The Balaban J connectivity index is 3.34. The highest BCUT2D eigenvalue weighted by Gasteiger charge is 2.22. The van der Waals surface area contributed by atoms with Crippen molar-refractivity contribution in [1.29, 1.82) is 0 Å². The highest BCUT2D eigenvalue weighted by atomic mass is 19.1. The summed E-state index contributed by atoms with van der Waals surface area (Å²) in [4.78, 5) is 21.5. The largest absolute Gasteiger partial charge is 0.465 e. The number of esters is 1. The van der Waals surface area contributed by atoms with Crippen LogP contribution in [0.2, 0.25) is 0 Å². The Morgan fingerprint density at radius 1 is 1.63 bits per heavy atom. The molecule has 0 fully saturated rings. The molecule has 1 unspecified atom stereocenters. The van der Waals surface area contributed by atoms with Gasteiger partial charge in [0.25, 0.3) is 5.69 Å². The molecular weight excluding hydrogens is 255 g/mol. The second-order valence-corrected chi connectivity index (χ2v) is 3.77. The summed E-state index contributed by atoms with van der Waals surface area (Å²) >= 11 is 0. The number of ether oxygens (including phenoxy) is 1. The van der Waals surface area contributed by atoms with Gasteiger partial charge in [-0.25, -0.2) is 9.18 Å². The second-order valence-electron chi connectivity index (χ2n) is 3.77. The van der Waals surface area contributed by atoms with E-state index in [1.165, 1.54) is 6.08 Å². The van der Waals surface area contributed by atoms with Gasteiger partial charge in [0, 0.05) is 6.04 Å². The Morgan fingerprint density at radius 3 is 2.74 bits per heavy atom. The SMILES string of the molecule is C=CC(C)Nc1cc(C(=O)OC)c(F)cc1[N+](=O)[O-]. The number of nitrogens with zero attached hydrogens (tertiary/aromatic N) is 1. The van der Waals surface area contributed by atoms with Gasteiger partial charge in [0.05, 0.1) is 23.7 Å². The molecule has 0 aliphatic heterocycles. The number of methoxy groups -OCH3 is 1. The van der Waals surface area contributed by atoms with Gasteiger partial charge in [0.1, 0.15) is 11.5 Å². The van der Waals surface area contributed by atoms with Crippen molar-refractivity contribution in [1.82, 2.24) is 0 Å². The van der Waals surface area contributed by atoms with Crippen molar-refractivity contribution in [3.63, 3.8) is 0 Å². The van der Waals surface area contributed by atoms with Crippen molar-refractivity contribution >= 4 is 17.3 Å². The monoisotopic (exact) mass is 268 g/mol. The molecule has 0 aliphatic carbocycles. The lowest BCUT2D eigenvalue weighted by atomic mass is 10.1. The number of nitrogens with one attached hydrogen (secondary N) is 1. The predicted octanol–water partition coefficient (Wildman–Crippen LogP) is 2.51. The van der Waals surface area contributed by atoms with E-state index < -0.39 is 22.4 Å². The number of carbonyl (C=O) groups is 1. The van der Waals surface area contributed by atoms with Crippen molar-refractivity contribution in [2.75, 3.05) is 12.4 Å². The zero-order chi connectivity index (χ0) is 14.6. The molecule has 0 saturated heterocycles. The fraction of sp³-hybridized carbons (Fsp3) is 0.250. The standard InChI is InChI=1S/C12H13FN2O4/c1-4-7(2)14-10-5-8(12(16)19-3)9(13)6-11(10)15(17)18/h4-7,14H,1H2,2-3H3. The van der Waals surface area contributed by atoms with Gasteiger partial charge in [-0.05, 0) is 13.0 Å². The van der Waals surface area contributed by atoms with Gasteiger partial charge in [-0.3, -0.25) is 10.1 Å². The molecule has 7 heteroatoms. The van der Waals surface area contributed by atoms with E-state index in [4.69, 9.17) is 0 Å². The van der Waals surface area contributed by atoms with Gasteiger partial charge in [-0.1, -0.05) is 6.08 Å².